The Morgan fingerprint density at radius 3 is 2.56 bits per heavy atom. The molecule has 7 rings (SSSR count). The summed E-state index contributed by atoms with van der Waals surface area (Å²) in [4.78, 5) is 27.9. The Kier molecular flexibility index (Phi) is 4.89. The highest BCUT2D eigenvalue weighted by Crippen LogP contribution is 2.48. The van der Waals surface area contributed by atoms with E-state index < -0.39 is 40.9 Å². The monoisotopic (exact) mass is 528 g/mol. The van der Waals surface area contributed by atoms with Crippen molar-refractivity contribution in [1.29, 1.82) is 0 Å². The zero-order valence-corrected chi connectivity index (χ0v) is 21.4. The van der Waals surface area contributed by atoms with Crippen LogP contribution in [0, 0.1) is 17.0 Å². The van der Waals surface area contributed by atoms with Gasteiger partial charge in [-0.2, -0.15) is 0 Å². The topological polar surface area (TPSA) is 70.7 Å². The largest absolute Gasteiger partial charge is 0.502 e. The summed E-state index contributed by atoms with van der Waals surface area (Å²) >= 11 is 0. The molecule has 2 atom stereocenters. The molecule has 39 heavy (non-hydrogen) atoms. The molecule has 2 aromatic heterocycles. The van der Waals surface area contributed by atoms with Crippen LogP contribution in [0.4, 0.5) is 8.78 Å². The average Bonchev–Trinajstić information content (AvgIpc) is 3.35. The minimum absolute atomic E-state index is 0.120. The molecule has 0 spiro atoms. The predicted molar refractivity (Wildman–Crippen MR) is 141 cm³/mol. The summed E-state index contributed by atoms with van der Waals surface area (Å²) in [6, 6.07) is 14.4. The number of aromatic hydroxyl groups is 1. The highest BCUT2D eigenvalue weighted by molar-refractivity contribution is 5.96. The number of benzene rings is 2. The minimum Gasteiger partial charge on any atom is -0.502 e. The van der Waals surface area contributed by atoms with Crippen molar-refractivity contribution in [3.05, 3.63) is 106 Å². The lowest BCUT2D eigenvalue weighted by molar-refractivity contribution is 0.0245. The van der Waals surface area contributed by atoms with Gasteiger partial charge in [-0.1, -0.05) is 38.1 Å². The van der Waals surface area contributed by atoms with Crippen LogP contribution in [0.5, 0.6) is 5.75 Å². The van der Waals surface area contributed by atoms with Gasteiger partial charge in [-0.05, 0) is 48.1 Å². The first-order chi connectivity index (χ1) is 18.7. The molecule has 2 aromatic carbocycles. The van der Waals surface area contributed by atoms with Gasteiger partial charge < -0.3 is 14.6 Å². The number of carbonyl (C=O) groups is 1. The number of nitrogens with zero attached hydrogens (tertiary/aromatic N) is 4. The first-order valence-electron chi connectivity index (χ1n) is 13.0. The van der Waals surface area contributed by atoms with Crippen LogP contribution in [-0.4, -0.2) is 37.9 Å². The Hall–Kier alpha value is -4.40. The fourth-order valence-corrected chi connectivity index (χ4v) is 6.48. The number of aromatic nitrogens is 2. The summed E-state index contributed by atoms with van der Waals surface area (Å²) in [5.41, 5.74) is 1.83. The number of hydrogen-bond donors (Lipinski definition) is 1. The van der Waals surface area contributed by atoms with E-state index in [-0.39, 0.29) is 16.7 Å². The van der Waals surface area contributed by atoms with E-state index in [1.54, 1.807) is 23.1 Å². The van der Waals surface area contributed by atoms with Crippen LogP contribution in [0.3, 0.4) is 0 Å². The molecular weight excluding hydrogens is 502 g/mol. The van der Waals surface area contributed by atoms with Crippen molar-refractivity contribution in [2.45, 2.75) is 38.9 Å². The molecule has 198 valence electrons. The first kappa shape index (κ1) is 23.7. The van der Waals surface area contributed by atoms with Crippen molar-refractivity contribution >= 4 is 5.91 Å². The average molecular weight is 529 g/mol. The van der Waals surface area contributed by atoms with Gasteiger partial charge >= 0.3 is 0 Å². The highest BCUT2D eigenvalue weighted by Gasteiger charge is 2.49. The van der Waals surface area contributed by atoms with E-state index in [2.05, 4.69) is 13.8 Å². The molecule has 1 saturated heterocycles. The number of pyridine rings is 1. The molecule has 9 heteroatoms. The smallest absolute Gasteiger partial charge is 0.278 e. The predicted octanol–water partition coefficient (Wildman–Crippen LogP) is 4.93. The lowest BCUT2D eigenvalue weighted by Gasteiger charge is -2.54. The molecule has 1 amide bonds. The lowest BCUT2D eigenvalue weighted by atomic mass is 9.79. The van der Waals surface area contributed by atoms with E-state index in [4.69, 9.17) is 0 Å². The van der Waals surface area contributed by atoms with E-state index in [1.807, 2.05) is 40.0 Å². The van der Waals surface area contributed by atoms with Crippen molar-refractivity contribution in [3.63, 3.8) is 0 Å². The number of rotatable bonds is 1. The van der Waals surface area contributed by atoms with Crippen LogP contribution in [0.25, 0.3) is 16.9 Å². The van der Waals surface area contributed by atoms with Crippen LogP contribution >= 0.6 is 0 Å². The molecule has 0 aliphatic carbocycles. The van der Waals surface area contributed by atoms with E-state index in [0.717, 1.165) is 23.7 Å². The molecule has 3 aliphatic rings. The van der Waals surface area contributed by atoms with E-state index in [1.165, 1.54) is 16.9 Å². The van der Waals surface area contributed by atoms with Gasteiger partial charge in [0.1, 0.15) is 12.2 Å². The zero-order valence-electron chi connectivity index (χ0n) is 21.4. The third-order valence-electron chi connectivity index (χ3n) is 8.38. The van der Waals surface area contributed by atoms with Crippen molar-refractivity contribution in [1.82, 2.24) is 14.1 Å². The number of carbonyl (C=O) groups excluding carboxylic acids is 1. The van der Waals surface area contributed by atoms with Crippen molar-refractivity contribution in [2.24, 2.45) is 5.41 Å². The van der Waals surface area contributed by atoms with Gasteiger partial charge in [0.25, 0.3) is 5.91 Å². The molecule has 0 radical (unpaired) electrons. The summed E-state index contributed by atoms with van der Waals surface area (Å²) in [6.45, 7) is 4.71. The van der Waals surface area contributed by atoms with Crippen molar-refractivity contribution in [2.75, 3.05) is 11.6 Å². The third-order valence-corrected chi connectivity index (χ3v) is 8.38. The molecule has 5 heterocycles. The van der Waals surface area contributed by atoms with Gasteiger partial charge in [0, 0.05) is 36.1 Å². The number of halogens is 2. The van der Waals surface area contributed by atoms with Gasteiger partial charge in [0.15, 0.2) is 23.1 Å². The van der Waals surface area contributed by atoms with E-state index in [0.29, 0.717) is 24.2 Å². The highest BCUT2D eigenvalue weighted by atomic mass is 19.2. The first-order valence-corrected chi connectivity index (χ1v) is 13.0. The standard InChI is InChI=1S/C30H26F2N4O3/c1-30(2)12-15-34-23(16-30)36(35-14-11-22(37)28(38)27(35)29(34)39)26-17-6-3-4-7-20(17)33-13-5-8-21(33)24-18(26)9-10-19(31)25(24)32/h3-11,13-14,23,26,38H,12,15-16H2,1-2H3/t23-,26-/m1/s1. The Labute approximate surface area is 223 Å². The van der Waals surface area contributed by atoms with Crippen LogP contribution in [0.2, 0.25) is 0 Å². The molecule has 1 fully saturated rings. The number of hydrogen-bond acceptors (Lipinski definition) is 4. The van der Waals surface area contributed by atoms with Gasteiger partial charge in [0.2, 0.25) is 5.43 Å². The van der Waals surface area contributed by atoms with Crippen molar-refractivity contribution < 1.29 is 18.7 Å². The SMILES string of the molecule is CC1(C)CCN2C(=O)c3c(O)c(=O)ccn3N([C@@H]3c4ccccc4-n4cccc4-c4c3ccc(F)c4F)[C@@H]2C1. The fraction of sp³-hybridized carbons (Fsp3) is 0.267. The van der Waals surface area contributed by atoms with Crippen molar-refractivity contribution in [3.8, 4) is 22.7 Å². The maximum atomic E-state index is 15.8. The molecule has 7 nitrogen and oxygen atoms in total. The van der Waals surface area contributed by atoms with Gasteiger partial charge in [0.05, 0.1) is 11.4 Å². The minimum atomic E-state index is -0.956. The maximum absolute atomic E-state index is 15.8. The second kappa shape index (κ2) is 8.05. The Morgan fingerprint density at radius 1 is 0.949 bits per heavy atom. The molecule has 1 N–H and O–H groups in total. The van der Waals surface area contributed by atoms with E-state index in [9.17, 15) is 19.1 Å². The van der Waals surface area contributed by atoms with Gasteiger partial charge in [-0.3, -0.25) is 19.3 Å². The van der Waals surface area contributed by atoms with Gasteiger partial charge in [-0.15, -0.1) is 0 Å². The van der Waals surface area contributed by atoms with Crippen LogP contribution in [-0.2, 0) is 0 Å². The zero-order chi connectivity index (χ0) is 27.2. The summed E-state index contributed by atoms with van der Waals surface area (Å²) in [5.74, 6) is -2.97. The fourth-order valence-electron chi connectivity index (χ4n) is 6.48. The molecular formula is C30H26F2N4O3. The molecule has 0 bridgehead atoms. The Bertz CT molecular complexity index is 1740. The van der Waals surface area contributed by atoms with Crippen LogP contribution < -0.4 is 10.4 Å². The number of amides is 1. The number of piperidine rings is 1. The summed E-state index contributed by atoms with van der Waals surface area (Å²) < 4.78 is 33.9. The normalized spacial score (nSPS) is 20.9. The quantitative estimate of drug-likeness (QED) is 0.380. The number of para-hydroxylation sites is 1. The second-order valence-electron chi connectivity index (χ2n) is 11.2. The molecule has 0 saturated carbocycles. The maximum Gasteiger partial charge on any atom is 0.278 e. The molecule has 0 unspecified atom stereocenters. The second-order valence-corrected chi connectivity index (χ2v) is 11.2. The summed E-state index contributed by atoms with van der Waals surface area (Å²) in [7, 11) is 0. The number of fused-ring (bicyclic) bond motifs is 7. The third kappa shape index (κ3) is 3.25. The lowest BCUT2D eigenvalue weighted by Crippen LogP contribution is -2.65. The van der Waals surface area contributed by atoms with E-state index >= 15 is 4.39 Å². The van der Waals surface area contributed by atoms with Gasteiger partial charge in [-0.25, -0.2) is 8.78 Å². The molecule has 3 aliphatic heterocycles. The Balaban J connectivity index is 1.59. The Morgan fingerprint density at radius 2 is 1.74 bits per heavy atom. The summed E-state index contributed by atoms with van der Waals surface area (Å²) in [5, 5.41) is 12.8. The van der Waals surface area contributed by atoms with Crippen LogP contribution in [0.15, 0.2) is 71.8 Å². The van der Waals surface area contributed by atoms with Crippen LogP contribution in [0.1, 0.15) is 54.3 Å². The summed E-state index contributed by atoms with van der Waals surface area (Å²) in [6.07, 6.45) is 4.16. The molecule has 4 aromatic rings.